The molecule has 0 aliphatic carbocycles. The van der Waals surface area contributed by atoms with Crippen LogP contribution in [0.2, 0.25) is 0 Å². The minimum Gasteiger partial charge on any atom is -0.497 e. The van der Waals surface area contributed by atoms with E-state index in [9.17, 15) is 0 Å². The van der Waals surface area contributed by atoms with E-state index in [4.69, 9.17) is 14.5 Å². The van der Waals surface area contributed by atoms with Crippen LogP contribution in [-0.2, 0) is 0 Å². The van der Waals surface area contributed by atoms with Crippen molar-refractivity contribution in [2.45, 2.75) is 12.8 Å². The molecule has 3 aromatic rings. The van der Waals surface area contributed by atoms with Crippen molar-refractivity contribution in [1.29, 1.82) is 0 Å². The Labute approximate surface area is 164 Å². The highest BCUT2D eigenvalue weighted by molar-refractivity contribution is 5.85. The molecule has 0 radical (unpaired) electrons. The Kier molecular flexibility index (Phi) is 6.42. The summed E-state index contributed by atoms with van der Waals surface area (Å²) in [5.74, 6) is 1.87. The lowest BCUT2D eigenvalue weighted by Gasteiger charge is -2.22. The SMILES string of the molecule is COc1ccc(-c2cc3nccnc3c(OC[C@H]3CCCNC3)n2)cc1.Cl. The second-order valence-corrected chi connectivity index (χ2v) is 6.49. The van der Waals surface area contributed by atoms with E-state index in [-0.39, 0.29) is 12.4 Å². The van der Waals surface area contributed by atoms with Gasteiger partial charge in [-0.1, -0.05) is 0 Å². The van der Waals surface area contributed by atoms with E-state index >= 15 is 0 Å². The van der Waals surface area contributed by atoms with Crippen LogP contribution >= 0.6 is 12.4 Å². The summed E-state index contributed by atoms with van der Waals surface area (Å²) in [5, 5.41) is 3.42. The van der Waals surface area contributed by atoms with E-state index in [0.29, 0.717) is 23.9 Å². The summed E-state index contributed by atoms with van der Waals surface area (Å²) >= 11 is 0. The number of fused-ring (bicyclic) bond motifs is 1. The van der Waals surface area contributed by atoms with Crippen LogP contribution in [0.4, 0.5) is 0 Å². The van der Waals surface area contributed by atoms with Gasteiger partial charge in [-0.15, -0.1) is 12.4 Å². The Hall–Kier alpha value is -2.44. The lowest BCUT2D eigenvalue weighted by Crippen LogP contribution is -2.33. The summed E-state index contributed by atoms with van der Waals surface area (Å²) in [4.78, 5) is 13.6. The Balaban J connectivity index is 0.00000210. The van der Waals surface area contributed by atoms with Gasteiger partial charge in [-0.05, 0) is 49.7 Å². The molecule has 142 valence electrons. The molecule has 6 nitrogen and oxygen atoms in total. The number of rotatable bonds is 5. The molecule has 0 amide bonds. The van der Waals surface area contributed by atoms with Gasteiger partial charge in [0.25, 0.3) is 0 Å². The number of piperidine rings is 1. The Morgan fingerprint density at radius 1 is 1.15 bits per heavy atom. The first kappa shape index (κ1) is 19.3. The topological polar surface area (TPSA) is 69.2 Å². The van der Waals surface area contributed by atoms with Crippen LogP contribution in [0.25, 0.3) is 22.3 Å². The fraction of sp³-hybridized carbons (Fsp3) is 0.350. The molecule has 4 rings (SSSR count). The van der Waals surface area contributed by atoms with Gasteiger partial charge >= 0.3 is 0 Å². The molecule has 0 saturated carbocycles. The van der Waals surface area contributed by atoms with Crippen molar-refractivity contribution in [1.82, 2.24) is 20.3 Å². The molecule has 1 N–H and O–H groups in total. The molecular weight excluding hydrogens is 364 g/mol. The molecule has 0 spiro atoms. The number of benzene rings is 1. The van der Waals surface area contributed by atoms with Crippen molar-refractivity contribution >= 4 is 23.4 Å². The molecule has 1 aliphatic heterocycles. The molecule has 27 heavy (non-hydrogen) atoms. The van der Waals surface area contributed by atoms with Crippen LogP contribution in [-0.4, -0.2) is 41.8 Å². The number of ether oxygens (including phenoxy) is 2. The fourth-order valence-corrected chi connectivity index (χ4v) is 3.22. The van der Waals surface area contributed by atoms with Crippen LogP contribution in [0.5, 0.6) is 11.6 Å². The predicted octanol–water partition coefficient (Wildman–Crippen LogP) is 3.50. The molecule has 0 bridgehead atoms. The van der Waals surface area contributed by atoms with Crippen molar-refractivity contribution in [3.05, 3.63) is 42.7 Å². The van der Waals surface area contributed by atoms with Gasteiger partial charge in [-0.2, -0.15) is 0 Å². The third-order valence-corrected chi connectivity index (χ3v) is 4.67. The summed E-state index contributed by atoms with van der Waals surface area (Å²) in [7, 11) is 1.66. The molecule has 1 atom stereocenters. The van der Waals surface area contributed by atoms with Crippen molar-refractivity contribution < 1.29 is 9.47 Å². The second-order valence-electron chi connectivity index (χ2n) is 6.49. The minimum absolute atomic E-state index is 0. The predicted molar refractivity (Wildman–Crippen MR) is 108 cm³/mol. The van der Waals surface area contributed by atoms with E-state index in [1.54, 1.807) is 19.5 Å². The van der Waals surface area contributed by atoms with Gasteiger partial charge in [0.05, 0.1) is 24.9 Å². The quantitative estimate of drug-likeness (QED) is 0.723. The highest BCUT2D eigenvalue weighted by Crippen LogP contribution is 2.28. The molecule has 7 heteroatoms. The van der Waals surface area contributed by atoms with E-state index < -0.39 is 0 Å². The maximum Gasteiger partial charge on any atom is 0.242 e. The zero-order valence-electron chi connectivity index (χ0n) is 15.2. The van der Waals surface area contributed by atoms with Gasteiger partial charge in [0, 0.05) is 30.4 Å². The van der Waals surface area contributed by atoms with Crippen molar-refractivity contribution in [3.8, 4) is 22.9 Å². The summed E-state index contributed by atoms with van der Waals surface area (Å²) < 4.78 is 11.3. The van der Waals surface area contributed by atoms with Crippen LogP contribution in [0, 0.1) is 5.92 Å². The number of aromatic nitrogens is 3. The normalized spacial score (nSPS) is 16.6. The van der Waals surface area contributed by atoms with Crippen LogP contribution in [0.1, 0.15) is 12.8 Å². The average Bonchev–Trinajstić information content (AvgIpc) is 2.72. The number of hydrogen-bond acceptors (Lipinski definition) is 6. The second kappa shape index (κ2) is 8.97. The molecule has 2 aromatic heterocycles. The first-order valence-electron chi connectivity index (χ1n) is 8.93. The Morgan fingerprint density at radius 2 is 1.96 bits per heavy atom. The maximum atomic E-state index is 6.09. The minimum atomic E-state index is 0. The highest BCUT2D eigenvalue weighted by Gasteiger charge is 2.16. The Morgan fingerprint density at radius 3 is 2.70 bits per heavy atom. The summed E-state index contributed by atoms with van der Waals surface area (Å²) in [6.07, 6.45) is 5.73. The van der Waals surface area contributed by atoms with Gasteiger partial charge in [0.2, 0.25) is 5.88 Å². The van der Waals surface area contributed by atoms with Crippen LogP contribution < -0.4 is 14.8 Å². The molecule has 1 saturated heterocycles. The first-order valence-corrected chi connectivity index (χ1v) is 8.93. The standard InChI is InChI=1S/C20H22N4O2.ClH/c1-25-16-6-4-15(5-7-16)17-11-18-19(23-10-9-22-18)20(24-17)26-13-14-3-2-8-21-12-14;/h4-7,9-11,14,21H,2-3,8,12-13H2,1H3;1H/t14-;/m0./s1. The monoisotopic (exact) mass is 386 g/mol. The molecule has 1 fully saturated rings. The number of methoxy groups -OCH3 is 1. The number of nitrogens with zero attached hydrogens (tertiary/aromatic N) is 3. The zero-order valence-corrected chi connectivity index (χ0v) is 16.0. The van der Waals surface area contributed by atoms with E-state index in [1.165, 1.54) is 12.8 Å². The third kappa shape index (κ3) is 4.46. The van der Waals surface area contributed by atoms with Crippen LogP contribution in [0.15, 0.2) is 42.7 Å². The summed E-state index contributed by atoms with van der Waals surface area (Å²) in [5.41, 5.74) is 3.29. The van der Waals surface area contributed by atoms with Crippen LogP contribution in [0.3, 0.4) is 0 Å². The molecule has 1 aromatic carbocycles. The van der Waals surface area contributed by atoms with Gasteiger partial charge in [-0.25, -0.2) is 9.97 Å². The third-order valence-electron chi connectivity index (χ3n) is 4.67. The number of hydrogen-bond donors (Lipinski definition) is 1. The number of nitrogens with one attached hydrogen (secondary N) is 1. The van der Waals surface area contributed by atoms with Gasteiger partial charge in [0.15, 0.2) is 5.52 Å². The average molecular weight is 387 g/mol. The summed E-state index contributed by atoms with van der Waals surface area (Å²) in [6, 6.07) is 9.76. The van der Waals surface area contributed by atoms with Gasteiger partial charge in [-0.3, -0.25) is 4.98 Å². The smallest absolute Gasteiger partial charge is 0.242 e. The van der Waals surface area contributed by atoms with E-state index in [1.807, 2.05) is 30.3 Å². The van der Waals surface area contributed by atoms with Gasteiger partial charge < -0.3 is 14.8 Å². The molecular formula is C20H23ClN4O2. The molecule has 1 aliphatic rings. The first-order chi connectivity index (χ1) is 12.8. The van der Waals surface area contributed by atoms with E-state index in [2.05, 4.69) is 15.3 Å². The lowest BCUT2D eigenvalue weighted by atomic mass is 10.0. The molecule has 3 heterocycles. The zero-order chi connectivity index (χ0) is 17.8. The lowest BCUT2D eigenvalue weighted by molar-refractivity contribution is 0.214. The summed E-state index contributed by atoms with van der Waals surface area (Å²) in [6.45, 7) is 2.72. The van der Waals surface area contributed by atoms with Crippen molar-refractivity contribution in [3.63, 3.8) is 0 Å². The molecule has 0 unspecified atom stereocenters. The number of pyridine rings is 1. The maximum absolute atomic E-state index is 6.09. The highest BCUT2D eigenvalue weighted by atomic mass is 35.5. The fourth-order valence-electron chi connectivity index (χ4n) is 3.22. The Bertz CT molecular complexity index is 883. The largest absolute Gasteiger partial charge is 0.497 e. The van der Waals surface area contributed by atoms with Gasteiger partial charge in [0.1, 0.15) is 5.75 Å². The van der Waals surface area contributed by atoms with Crippen molar-refractivity contribution in [2.75, 3.05) is 26.8 Å². The van der Waals surface area contributed by atoms with E-state index in [0.717, 1.165) is 35.6 Å². The van der Waals surface area contributed by atoms with Crippen molar-refractivity contribution in [2.24, 2.45) is 5.92 Å². The number of halogens is 1.